The predicted molar refractivity (Wildman–Crippen MR) is 55.8 cm³/mol. The van der Waals surface area contributed by atoms with Crippen molar-refractivity contribution in [3.05, 3.63) is 45.5 Å². The van der Waals surface area contributed by atoms with Gasteiger partial charge in [-0.3, -0.25) is 9.78 Å². The van der Waals surface area contributed by atoms with Crippen LogP contribution in [0.1, 0.15) is 0 Å². The molecule has 0 saturated heterocycles. The molecule has 0 aromatic carbocycles. The lowest BCUT2D eigenvalue weighted by Gasteiger charge is -1.98. The van der Waals surface area contributed by atoms with Gasteiger partial charge in [-0.2, -0.15) is 0 Å². The number of aromatic nitrogens is 3. The number of pyridine rings is 1. The Kier molecular flexibility index (Phi) is 2.41. The quantitative estimate of drug-likeness (QED) is 0.838. The summed E-state index contributed by atoms with van der Waals surface area (Å²) >= 11 is 3.08. The maximum Gasteiger partial charge on any atom is 0.265 e. The first-order valence-electron chi connectivity index (χ1n) is 3.92. The normalized spacial score (nSPS) is 10.1. The Labute approximate surface area is 88.2 Å². The minimum atomic E-state index is -0.196. The lowest BCUT2D eigenvalue weighted by atomic mass is 10.3. The number of halogens is 1. The van der Waals surface area contributed by atoms with Gasteiger partial charge in [0.05, 0.1) is 0 Å². The number of rotatable bonds is 1. The van der Waals surface area contributed by atoms with Gasteiger partial charge in [0.2, 0.25) is 0 Å². The van der Waals surface area contributed by atoms with Crippen LogP contribution in [0.4, 0.5) is 0 Å². The van der Waals surface area contributed by atoms with E-state index in [1.807, 2.05) is 6.07 Å². The maximum atomic E-state index is 11.3. The van der Waals surface area contributed by atoms with E-state index in [0.29, 0.717) is 10.3 Å². The summed E-state index contributed by atoms with van der Waals surface area (Å²) in [6, 6.07) is 3.62. The van der Waals surface area contributed by atoms with Gasteiger partial charge in [-0.1, -0.05) is 0 Å². The fourth-order valence-corrected chi connectivity index (χ4v) is 1.23. The van der Waals surface area contributed by atoms with E-state index < -0.39 is 0 Å². The molecule has 0 saturated carbocycles. The van der Waals surface area contributed by atoms with Crippen molar-refractivity contribution < 1.29 is 0 Å². The van der Waals surface area contributed by atoms with Gasteiger partial charge >= 0.3 is 0 Å². The van der Waals surface area contributed by atoms with Crippen LogP contribution in [0, 0.1) is 0 Å². The maximum absolute atomic E-state index is 11.3. The summed E-state index contributed by atoms with van der Waals surface area (Å²) < 4.78 is 0.421. The molecule has 0 fully saturated rings. The molecule has 2 rings (SSSR count). The minimum absolute atomic E-state index is 0.196. The van der Waals surface area contributed by atoms with Crippen LogP contribution in [-0.4, -0.2) is 15.0 Å². The van der Waals surface area contributed by atoms with Crippen molar-refractivity contribution in [2.75, 3.05) is 0 Å². The summed E-state index contributed by atoms with van der Waals surface area (Å²) in [7, 11) is 0. The first kappa shape index (κ1) is 9.08. The van der Waals surface area contributed by atoms with Crippen LogP contribution in [-0.2, 0) is 0 Å². The van der Waals surface area contributed by atoms with Gasteiger partial charge < -0.3 is 4.98 Å². The van der Waals surface area contributed by atoms with Crippen molar-refractivity contribution in [1.29, 1.82) is 0 Å². The Morgan fingerprint density at radius 2 is 2.21 bits per heavy atom. The molecule has 0 radical (unpaired) electrons. The molecule has 14 heavy (non-hydrogen) atoms. The standard InChI is InChI=1S/C9H6BrN3O/c10-7-5-12-8(13-9(7)14)6-2-1-3-11-4-6/h1-5H,(H,12,13,14). The van der Waals surface area contributed by atoms with E-state index in [4.69, 9.17) is 0 Å². The Hall–Kier alpha value is -1.49. The molecule has 2 aromatic rings. The molecule has 0 spiro atoms. The van der Waals surface area contributed by atoms with Crippen molar-refractivity contribution in [2.24, 2.45) is 0 Å². The zero-order chi connectivity index (χ0) is 9.97. The number of nitrogens with zero attached hydrogens (tertiary/aromatic N) is 2. The third kappa shape index (κ3) is 1.72. The van der Waals surface area contributed by atoms with Gasteiger partial charge in [-0.15, -0.1) is 0 Å². The van der Waals surface area contributed by atoms with Crippen molar-refractivity contribution in [2.45, 2.75) is 0 Å². The average Bonchev–Trinajstić information content (AvgIpc) is 2.23. The highest BCUT2D eigenvalue weighted by molar-refractivity contribution is 9.10. The van der Waals surface area contributed by atoms with Gasteiger partial charge in [0.25, 0.3) is 5.56 Å². The number of aromatic amines is 1. The number of hydrogen-bond acceptors (Lipinski definition) is 3. The van der Waals surface area contributed by atoms with Gasteiger partial charge in [0, 0.05) is 24.2 Å². The lowest BCUT2D eigenvalue weighted by Crippen LogP contribution is -2.08. The van der Waals surface area contributed by atoms with Gasteiger partial charge in [0.1, 0.15) is 10.3 Å². The third-order valence-electron chi connectivity index (χ3n) is 1.69. The molecule has 70 valence electrons. The van der Waals surface area contributed by atoms with Crippen molar-refractivity contribution >= 4 is 15.9 Å². The van der Waals surface area contributed by atoms with Crippen LogP contribution < -0.4 is 5.56 Å². The monoisotopic (exact) mass is 251 g/mol. The van der Waals surface area contributed by atoms with E-state index in [1.54, 1.807) is 18.5 Å². The van der Waals surface area contributed by atoms with E-state index in [-0.39, 0.29) is 5.56 Å². The molecule has 0 aliphatic rings. The van der Waals surface area contributed by atoms with Crippen LogP contribution in [0.2, 0.25) is 0 Å². The average molecular weight is 252 g/mol. The Morgan fingerprint density at radius 3 is 2.86 bits per heavy atom. The van der Waals surface area contributed by atoms with E-state index in [0.717, 1.165) is 5.56 Å². The molecule has 0 aliphatic heterocycles. The van der Waals surface area contributed by atoms with Crippen LogP contribution in [0.5, 0.6) is 0 Å². The highest BCUT2D eigenvalue weighted by Crippen LogP contribution is 2.11. The molecule has 0 atom stereocenters. The third-order valence-corrected chi connectivity index (χ3v) is 2.26. The molecule has 0 bridgehead atoms. The Morgan fingerprint density at radius 1 is 1.36 bits per heavy atom. The molecule has 1 N–H and O–H groups in total. The second-order valence-corrected chi connectivity index (χ2v) is 3.50. The SMILES string of the molecule is O=c1[nH]c(-c2cccnc2)ncc1Br. The van der Waals surface area contributed by atoms with Crippen LogP contribution in [0.25, 0.3) is 11.4 Å². The number of H-pyrrole nitrogens is 1. The van der Waals surface area contributed by atoms with Crippen molar-refractivity contribution in [3.63, 3.8) is 0 Å². The molecule has 2 aromatic heterocycles. The van der Waals surface area contributed by atoms with Crippen LogP contribution in [0.3, 0.4) is 0 Å². The summed E-state index contributed by atoms with van der Waals surface area (Å²) in [6.45, 7) is 0. The van der Waals surface area contributed by atoms with Crippen molar-refractivity contribution in [3.8, 4) is 11.4 Å². The lowest BCUT2D eigenvalue weighted by molar-refractivity contribution is 1.10. The summed E-state index contributed by atoms with van der Waals surface area (Å²) in [6.07, 6.45) is 4.79. The fourth-order valence-electron chi connectivity index (χ4n) is 1.03. The number of hydrogen-bond donors (Lipinski definition) is 1. The van der Waals surface area contributed by atoms with E-state index in [9.17, 15) is 4.79 Å². The highest BCUT2D eigenvalue weighted by Gasteiger charge is 2.01. The topological polar surface area (TPSA) is 58.6 Å². The predicted octanol–water partition coefficient (Wildman–Crippen LogP) is 1.59. The van der Waals surface area contributed by atoms with Crippen molar-refractivity contribution in [1.82, 2.24) is 15.0 Å². The van der Waals surface area contributed by atoms with Crippen LogP contribution in [0.15, 0.2) is 40.0 Å². The van der Waals surface area contributed by atoms with E-state index in [1.165, 1.54) is 6.20 Å². The molecule has 4 nitrogen and oxygen atoms in total. The Balaban J connectivity index is 2.54. The molecular formula is C9H6BrN3O. The number of nitrogens with one attached hydrogen (secondary N) is 1. The fraction of sp³-hybridized carbons (Fsp3) is 0. The molecular weight excluding hydrogens is 246 g/mol. The molecule has 2 heterocycles. The minimum Gasteiger partial charge on any atom is -0.306 e. The molecule has 5 heteroatoms. The van der Waals surface area contributed by atoms with E-state index >= 15 is 0 Å². The van der Waals surface area contributed by atoms with Crippen LogP contribution >= 0.6 is 15.9 Å². The first-order valence-corrected chi connectivity index (χ1v) is 4.72. The molecule has 0 amide bonds. The second-order valence-electron chi connectivity index (χ2n) is 2.65. The molecule has 0 aliphatic carbocycles. The van der Waals surface area contributed by atoms with Gasteiger partial charge in [0.15, 0.2) is 0 Å². The Bertz CT molecular complexity index is 495. The zero-order valence-electron chi connectivity index (χ0n) is 7.07. The van der Waals surface area contributed by atoms with E-state index in [2.05, 4.69) is 30.9 Å². The summed E-state index contributed by atoms with van der Waals surface area (Å²) in [5.41, 5.74) is 0.593. The molecule has 0 unspecified atom stereocenters. The summed E-state index contributed by atoms with van der Waals surface area (Å²) in [4.78, 5) is 21.9. The summed E-state index contributed by atoms with van der Waals surface area (Å²) in [5, 5.41) is 0. The smallest absolute Gasteiger partial charge is 0.265 e. The first-order chi connectivity index (χ1) is 6.77. The highest BCUT2D eigenvalue weighted by atomic mass is 79.9. The van der Waals surface area contributed by atoms with Gasteiger partial charge in [-0.05, 0) is 28.1 Å². The second kappa shape index (κ2) is 3.71. The van der Waals surface area contributed by atoms with Gasteiger partial charge in [-0.25, -0.2) is 4.98 Å². The zero-order valence-corrected chi connectivity index (χ0v) is 8.65. The largest absolute Gasteiger partial charge is 0.306 e. The summed E-state index contributed by atoms with van der Waals surface area (Å²) in [5.74, 6) is 0.520.